The van der Waals surface area contributed by atoms with Crippen molar-refractivity contribution in [3.8, 4) is 0 Å². The molecule has 238 valence electrons. The molecular weight excluding hydrogens is 623 g/mol. The van der Waals surface area contributed by atoms with Gasteiger partial charge in [-0.2, -0.15) is 0 Å². The molecule has 7 aromatic carbocycles. The van der Waals surface area contributed by atoms with Gasteiger partial charge >= 0.3 is 0 Å². The van der Waals surface area contributed by atoms with Crippen molar-refractivity contribution in [2.45, 2.75) is 25.7 Å². The average molecular weight is 658 g/mol. The predicted molar refractivity (Wildman–Crippen MR) is 218 cm³/mol. The van der Waals surface area contributed by atoms with Crippen LogP contribution in [0.1, 0.15) is 36.8 Å². The molecule has 0 spiro atoms. The van der Waals surface area contributed by atoms with Crippen molar-refractivity contribution in [1.82, 2.24) is 0 Å². The predicted octanol–water partition coefficient (Wildman–Crippen LogP) is 13.8. The zero-order chi connectivity index (χ0) is 33.0. The van der Waals surface area contributed by atoms with E-state index in [9.17, 15) is 0 Å². The molecule has 1 nitrogen and oxygen atoms in total. The van der Waals surface area contributed by atoms with Crippen LogP contribution in [-0.4, -0.2) is 0 Å². The molecule has 2 heteroatoms. The molecule has 0 saturated heterocycles. The number of thiophene rings is 1. The Kier molecular flexibility index (Phi) is 7.03. The van der Waals surface area contributed by atoms with Crippen molar-refractivity contribution in [3.05, 3.63) is 186 Å². The van der Waals surface area contributed by atoms with Gasteiger partial charge in [0.2, 0.25) is 0 Å². The minimum atomic E-state index is 0.967. The van der Waals surface area contributed by atoms with Gasteiger partial charge in [0, 0.05) is 37.3 Å². The Bertz CT molecular complexity index is 2760. The normalized spacial score (nSPS) is 15.0. The molecular formula is C48H35NS. The molecule has 0 bridgehead atoms. The molecule has 1 aromatic heterocycles. The number of anilines is 1. The maximum atomic E-state index is 2.53. The zero-order valence-corrected chi connectivity index (χ0v) is 28.6. The molecule has 0 amide bonds. The lowest BCUT2D eigenvalue weighted by Crippen LogP contribution is -2.23. The van der Waals surface area contributed by atoms with Gasteiger partial charge in [0.1, 0.15) is 0 Å². The first-order valence-corrected chi connectivity index (χ1v) is 18.5. The first kappa shape index (κ1) is 29.2. The van der Waals surface area contributed by atoms with E-state index in [0.29, 0.717) is 0 Å². The smallest absolute Gasteiger partial charge is 0.0464 e. The summed E-state index contributed by atoms with van der Waals surface area (Å²) < 4.78 is 2.71. The summed E-state index contributed by atoms with van der Waals surface area (Å²) in [5.74, 6) is 0. The SMILES string of the molecule is C1=C(c2ccccc2)CCC=C1N(C1=CC=C(c2ccc3ccc4sc5ccccc5c4c3c2)CC1)c1ccc2ccc3ccccc3c2c1. The summed E-state index contributed by atoms with van der Waals surface area (Å²) in [7, 11) is 0. The second-order valence-corrected chi connectivity index (χ2v) is 14.6. The van der Waals surface area contributed by atoms with E-state index in [4.69, 9.17) is 0 Å². The summed E-state index contributed by atoms with van der Waals surface area (Å²) in [5.41, 5.74) is 9.23. The van der Waals surface area contributed by atoms with Crippen molar-refractivity contribution in [3.63, 3.8) is 0 Å². The van der Waals surface area contributed by atoms with Gasteiger partial charge in [-0.15, -0.1) is 11.3 Å². The van der Waals surface area contributed by atoms with Crippen LogP contribution < -0.4 is 4.90 Å². The van der Waals surface area contributed by atoms with Gasteiger partial charge in [-0.3, -0.25) is 0 Å². The van der Waals surface area contributed by atoms with E-state index in [-0.39, 0.29) is 0 Å². The van der Waals surface area contributed by atoms with Crippen molar-refractivity contribution in [2.24, 2.45) is 0 Å². The second-order valence-electron chi connectivity index (χ2n) is 13.6. The molecule has 2 aliphatic rings. The van der Waals surface area contributed by atoms with Crippen LogP contribution in [0.2, 0.25) is 0 Å². The van der Waals surface area contributed by atoms with Crippen molar-refractivity contribution < 1.29 is 0 Å². The fourth-order valence-electron chi connectivity index (χ4n) is 8.13. The Morgan fingerprint density at radius 1 is 0.480 bits per heavy atom. The fourth-order valence-corrected chi connectivity index (χ4v) is 9.25. The highest BCUT2D eigenvalue weighted by Gasteiger charge is 2.22. The monoisotopic (exact) mass is 657 g/mol. The number of nitrogens with zero attached hydrogens (tertiary/aromatic N) is 1. The molecule has 8 aromatic rings. The Labute approximate surface area is 296 Å². The molecule has 0 radical (unpaired) electrons. The summed E-state index contributed by atoms with van der Waals surface area (Å²) in [6.45, 7) is 0. The Morgan fingerprint density at radius 2 is 1.22 bits per heavy atom. The van der Waals surface area contributed by atoms with Gasteiger partial charge in [0.25, 0.3) is 0 Å². The molecule has 0 saturated carbocycles. The van der Waals surface area contributed by atoms with E-state index in [1.807, 2.05) is 11.3 Å². The lowest BCUT2D eigenvalue weighted by atomic mass is 9.91. The van der Waals surface area contributed by atoms with Crippen molar-refractivity contribution >= 4 is 80.7 Å². The third-order valence-corrected chi connectivity index (χ3v) is 11.8. The third-order valence-electron chi connectivity index (χ3n) is 10.6. The standard InChI is InChI=1S/C48H35NS/c1-2-9-32(10-3-1)37-12-8-13-40(29-37)49(41-27-23-35-18-17-34-11-4-5-14-42(34)44(35)31-41)39-25-21-33(22-26-39)38-20-19-36-24-28-47-48(45(36)30-38)43-15-6-7-16-46(43)50-47/h1-7,9-11,13-21,23-25,27-31H,8,12,22,26H2. The maximum Gasteiger partial charge on any atom is 0.0464 e. The van der Waals surface area contributed by atoms with Crippen LogP contribution in [0.15, 0.2) is 175 Å². The molecule has 0 aliphatic heterocycles. The minimum Gasteiger partial charge on any atom is -0.315 e. The number of hydrogen-bond donors (Lipinski definition) is 0. The Balaban J connectivity index is 1.09. The average Bonchev–Trinajstić information content (AvgIpc) is 3.58. The Hall–Kier alpha value is -5.70. The largest absolute Gasteiger partial charge is 0.315 e. The maximum absolute atomic E-state index is 2.53. The van der Waals surface area contributed by atoms with E-state index < -0.39 is 0 Å². The van der Waals surface area contributed by atoms with Crippen molar-refractivity contribution in [2.75, 3.05) is 4.90 Å². The summed E-state index contributed by atoms with van der Waals surface area (Å²) in [6, 6.07) is 51.6. The molecule has 0 N–H and O–H groups in total. The highest BCUT2D eigenvalue weighted by Crippen LogP contribution is 2.42. The molecule has 0 fully saturated rings. The summed E-state index contributed by atoms with van der Waals surface area (Å²) in [4.78, 5) is 2.53. The van der Waals surface area contributed by atoms with Crippen LogP contribution in [-0.2, 0) is 0 Å². The molecule has 2 aliphatic carbocycles. The fraction of sp³-hybridized carbons (Fsp3) is 0.0833. The molecule has 0 unspecified atom stereocenters. The highest BCUT2D eigenvalue weighted by atomic mass is 32.1. The second kappa shape index (κ2) is 12.0. The van der Waals surface area contributed by atoms with Crippen LogP contribution in [0.25, 0.3) is 63.6 Å². The highest BCUT2D eigenvalue weighted by molar-refractivity contribution is 7.26. The van der Waals surface area contributed by atoms with Gasteiger partial charge in [-0.1, -0.05) is 121 Å². The molecule has 0 atom stereocenters. The van der Waals surface area contributed by atoms with E-state index in [1.54, 1.807) is 0 Å². The summed E-state index contributed by atoms with van der Waals surface area (Å²) in [6.07, 6.45) is 13.7. The molecule has 10 rings (SSSR count). The van der Waals surface area contributed by atoms with Crippen LogP contribution in [0.4, 0.5) is 5.69 Å². The van der Waals surface area contributed by atoms with Gasteiger partial charge < -0.3 is 4.90 Å². The van der Waals surface area contributed by atoms with Crippen molar-refractivity contribution in [1.29, 1.82) is 0 Å². The molecule has 50 heavy (non-hydrogen) atoms. The lowest BCUT2D eigenvalue weighted by molar-refractivity contribution is 0.899. The number of fused-ring (bicyclic) bond motifs is 8. The first-order valence-electron chi connectivity index (χ1n) is 17.7. The van der Waals surface area contributed by atoms with Gasteiger partial charge in [0.15, 0.2) is 0 Å². The number of benzene rings is 7. The van der Waals surface area contributed by atoms with Gasteiger partial charge in [-0.05, 0) is 123 Å². The lowest BCUT2D eigenvalue weighted by Gasteiger charge is -2.33. The first-order chi connectivity index (χ1) is 24.8. The molecule has 1 heterocycles. The topological polar surface area (TPSA) is 3.24 Å². The van der Waals surface area contributed by atoms with E-state index in [0.717, 1.165) is 25.7 Å². The van der Waals surface area contributed by atoms with Crippen LogP contribution in [0.5, 0.6) is 0 Å². The van der Waals surface area contributed by atoms with Gasteiger partial charge in [-0.25, -0.2) is 0 Å². The minimum absolute atomic E-state index is 0.967. The summed E-state index contributed by atoms with van der Waals surface area (Å²) in [5, 5.41) is 10.5. The van der Waals surface area contributed by atoms with Crippen LogP contribution in [0.3, 0.4) is 0 Å². The van der Waals surface area contributed by atoms with Gasteiger partial charge in [0.05, 0.1) is 0 Å². The van der Waals surface area contributed by atoms with Crippen LogP contribution >= 0.6 is 11.3 Å². The quantitative estimate of drug-likeness (QED) is 0.167. The summed E-state index contributed by atoms with van der Waals surface area (Å²) >= 11 is 1.89. The van der Waals surface area contributed by atoms with E-state index >= 15 is 0 Å². The van der Waals surface area contributed by atoms with E-state index in [1.165, 1.54) is 91.8 Å². The van der Waals surface area contributed by atoms with E-state index in [2.05, 4.69) is 169 Å². The third kappa shape index (κ3) is 4.99. The van der Waals surface area contributed by atoms with Crippen LogP contribution in [0, 0.1) is 0 Å². The number of allylic oxidation sites excluding steroid dienone is 7. The zero-order valence-electron chi connectivity index (χ0n) is 27.8. The number of rotatable bonds is 5. The number of hydrogen-bond acceptors (Lipinski definition) is 2. The Morgan fingerprint density at radius 3 is 2.10 bits per heavy atom.